The molecule has 8 heteroatoms. The first-order valence-corrected chi connectivity index (χ1v) is 8.42. The van der Waals surface area contributed by atoms with Crippen molar-refractivity contribution in [2.75, 3.05) is 32.8 Å². The van der Waals surface area contributed by atoms with Gasteiger partial charge in [-0.15, -0.1) is 0 Å². The molecule has 1 saturated heterocycles. The molecule has 0 amide bonds. The number of rotatable bonds is 5. The molecule has 0 aromatic heterocycles. The Bertz CT molecular complexity index is 571. The van der Waals surface area contributed by atoms with E-state index in [2.05, 4.69) is 10.3 Å². The van der Waals surface area contributed by atoms with E-state index in [0.29, 0.717) is 38.4 Å². The fourth-order valence-corrected chi connectivity index (χ4v) is 2.64. The van der Waals surface area contributed by atoms with Crippen molar-refractivity contribution in [2.45, 2.75) is 32.0 Å². The Morgan fingerprint density at radius 3 is 2.64 bits per heavy atom. The number of para-hydroxylation sites is 1. The first-order valence-electron chi connectivity index (χ1n) is 8.42. The molecular weight excluding hydrogens is 335 g/mol. The Morgan fingerprint density at radius 1 is 1.32 bits per heavy atom. The van der Waals surface area contributed by atoms with Crippen LogP contribution in [0, 0.1) is 0 Å². The van der Waals surface area contributed by atoms with Crippen LogP contribution in [0.4, 0.5) is 13.2 Å². The van der Waals surface area contributed by atoms with Gasteiger partial charge in [0, 0.05) is 19.6 Å². The summed E-state index contributed by atoms with van der Waals surface area (Å²) in [6, 6.07) is 5.16. The highest BCUT2D eigenvalue weighted by atomic mass is 19.4. The molecule has 1 aliphatic rings. The maximum absolute atomic E-state index is 12.9. The summed E-state index contributed by atoms with van der Waals surface area (Å²) < 4.78 is 44.0. The number of hydrogen-bond acceptors (Lipinski definition) is 3. The van der Waals surface area contributed by atoms with Crippen LogP contribution in [0.15, 0.2) is 29.3 Å². The molecule has 0 bridgehead atoms. The monoisotopic (exact) mass is 359 g/mol. The molecule has 0 spiro atoms. The first kappa shape index (κ1) is 19.4. The van der Waals surface area contributed by atoms with Crippen LogP contribution >= 0.6 is 0 Å². The lowest BCUT2D eigenvalue weighted by molar-refractivity contribution is -0.138. The molecule has 1 heterocycles. The average molecular weight is 359 g/mol. The second-order valence-electron chi connectivity index (χ2n) is 5.80. The van der Waals surface area contributed by atoms with Crippen LogP contribution in [-0.4, -0.2) is 54.9 Å². The van der Waals surface area contributed by atoms with Crippen molar-refractivity contribution in [1.82, 2.24) is 10.2 Å². The number of aliphatic imine (C=N–C) groups is 1. The fourth-order valence-electron chi connectivity index (χ4n) is 2.64. The molecular formula is C17H24F3N3O2. The maximum atomic E-state index is 12.9. The van der Waals surface area contributed by atoms with Crippen LogP contribution in [0.2, 0.25) is 0 Å². The number of likely N-dealkylation sites (tertiary alicyclic amines) is 1. The number of nitrogens with one attached hydrogen (secondary N) is 1. The van der Waals surface area contributed by atoms with Crippen LogP contribution in [0.25, 0.3) is 0 Å². The lowest BCUT2D eigenvalue weighted by Gasteiger charge is -2.32. The predicted molar refractivity (Wildman–Crippen MR) is 89.7 cm³/mol. The molecule has 5 nitrogen and oxygen atoms in total. The van der Waals surface area contributed by atoms with E-state index in [1.165, 1.54) is 18.2 Å². The van der Waals surface area contributed by atoms with Crippen molar-refractivity contribution in [3.63, 3.8) is 0 Å². The number of aliphatic hydroxyl groups is 1. The van der Waals surface area contributed by atoms with Gasteiger partial charge >= 0.3 is 6.18 Å². The van der Waals surface area contributed by atoms with Crippen molar-refractivity contribution in [1.29, 1.82) is 0 Å². The number of ether oxygens (including phenoxy) is 1. The molecule has 1 aromatic carbocycles. The van der Waals surface area contributed by atoms with Gasteiger partial charge in [-0.3, -0.25) is 0 Å². The number of nitrogens with zero attached hydrogens (tertiary/aromatic N) is 2. The van der Waals surface area contributed by atoms with E-state index in [-0.39, 0.29) is 25.0 Å². The van der Waals surface area contributed by atoms with E-state index >= 15 is 0 Å². The highest BCUT2D eigenvalue weighted by Gasteiger charge is 2.33. The Balaban J connectivity index is 1.92. The average Bonchev–Trinajstić information content (AvgIpc) is 2.58. The van der Waals surface area contributed by atoms with Gasteiger partial charge in [-0.25, -0.2) is 4.99 Å². The van der Waals surface area contributed by atoms with E-state index < -0.39 is 11.7 Å². The highest BCUT2D eigenvalue weighted by molar-refractivity contribution is 5.80. The quantitative estimate of drug-likeness (QED) is 0.482. The standard InChI is InChI=1S/C17H24F3N3O2/c1-2-21-16(23-10-7-13(24)8-11-23)22-9-12-25-15-6-4-3-5-14(15)17(18,19)20/h3-6,13,24H,2,7-12H2,1H3,(H,21,22). The smallest absolute Gasteiger partial charge is 0.419 e. The van der Waals surface area contributed by atoms with E-state index in [9.17, 15) is 18.3 Å². The zero-order chi connectivity index (χ0) is 18.3. The lowest BCUT2D eigenvalue weighted by atomic mass is 10.1. The molecule has 1 fully saturated rings. The SMILES string of the molecule is CCNC(=NCCOc1ccccc1C(F)(F)F)N1CCC(O)CC1. The molecule has 0 saturated carbocycles. The summed E-state index contributed by atoms with van der Waals surface area (Å²) in [6.07, 6.45) is -3.36. The Labute approximate surface area is 145 Å². The van der Waals surface area contributed by atoms with Gasteiger partial charge in [-0.05, 0) is 31.9 Å². The summed E-state index contributed by atoms with van der Waals surface area (Å²) in [4.78, 5) is 6.45. The normalized spacial score (nSPS) is 16.8. The van der Waals surface area contributed by atoms with Gasteiger partial charge in [-0.2, -0.15) is 13.2 Å². The summed E-state index contributed by atoms with van der Waals surface area (Å²) in [5, 5.41) is 12.7. The third-order valence-electron chi connectivity index (χ3n) is 3.90. The number of guanidine groups is 1. The minimum atomic E-state index is -4.44. The van der Waals surface area contributed by atoms with Crippen molar-refractivity contribution in [3.8, 4) is 5.75 Å². The number of alkyl halides is 3. The van der Waals surface area contributed by atoms with E-state index in [4.69, 9.17) is 4.74 Å². The summed E-state index contributed by atoms with van der Waals surface area (Å²) >= 11 is 0. The van der Waals surface area contributed by atoms with Gasteiger partial charge in [-0.1, -0.05) is 12.1 Å². The van der Waals surface area contributed by atoms with Gasteiger partial charge < -0.3 is 20.1 Å². The zero-order valence-corrected chi connectivity index (χ0v) is 14.2. The van der Waals surface area contributed by atoms with E-state index in [1.54, 1.807) is 0 Å². The van der Waals surface area contributed by atoms with Gasteiger partial charge in [0.25, 0.3) is 0 Å². The number of aliphatic hydroxyl groups excluding tert-OH is 1. The molecule has 1 aliphatic heterocycles. The molecule has 1 aromatic rings. The predicted octanol–water partition coefficient (Wildman–Crippen LogP) is 2.51. The van der Waals surface area contributed by atoms with Crippen LogP contribution in [-0.2, 0) is 6.18 Å². The van der Waals surface area contributed by atoms with Crippen LogP contribution in [0.1, 0.15) is 25.3 Å². The molecule has 25 heavy (non-hydrogen) atoms. The van der Waals surface area contributed by atoms with Gasteiger partial charge in [0.05, 0.1) is 18.2 Å². The summed E-state index contributed by atoms with van der Waals surface area (Å²) in [6.45, 7) is 4.33. The number of benzene rings is 1. The van der Waals surface area contributed by atoms with Crippen molar-refractivity contribution in [2.24, 2.45) is 4.99 Å². The van der Waals surface area contributed by atoms with Crippen molar-refractivity contribution < 1.29 is 23.0 Å². The Morgan fingerprint density at radius 2 is 2.00 bits per heavy atom. The van der Waals surface area contributed by atoms with E-state index in [0.717, 1.165) is 6.07 Å². The molecule has 2 N–H and O–H groups in total. The molecule has 0 radical (unpaired) electrons. The molecule has 140 valence electrons. The molecule has 0 atom stereocenters. The Kier molecular flexibility index (Phi) is 6.92. The first-order chi connectivity index (χ1) is 11.9. The summed E-state index contributed by atoms with van der Waals surface area (Å²) in [7, 11) is 0. The Hall–Kier alpha value is -1.96. The van der Waals surface area contributed by atoms with Crippen LogP contribution < -0.4 is 10.1 Å². The summed E-state index contributed by atoms with van der Waals surface area (Å²) in [5.41, 5.74) is -0.782. The number of piperidine rings is 1. The van der Waals surface area contributed by atoms with E-state index in [1.807, 2.05) is 11.8 Å². The lowest BCUT2D eigenvalue weighted by Crippen LogP contribution is -2.46. The number of hydrogen-bond donors (Lipinski definition) is 2. The maximum Gasteiger partial charge on any atom is 0.419 e. The molecule has 0 aliphatic carbocycles. The minimum Gasteiger partial charge on any atom is -0.491 e. The highest BCUT2D eigenvalue weighted by Crippen LogP contribution is 2.35. The van der Waals surface area contributed by atoms with Gasteiger partial charge in [0.2, 0.25) is 0 Å². The summed E-state index contributed by atoms with van der Waals surface area (Å²) in [5.74, 6) is 0.512. The fraction of sp³-hybridized carbons (Fsp3) is 0.588. The second kappa shape index (κ2) is 8.94. The third-order valence-corrected chi connectivity index (χ3v) is 3.90. The van der Waals surface area contributed by atoms with Crippen molar-refractivity contribution >= 4 is 5.96 Å². The second-order valence-corrected chi connectivity index (χ2v) is 5.80. The zero-order valence-electron chi connectivity index (χ0n) is 14.2. The molecule has 2 rings (SSSR count). The van der Waals surface area contributed by atoms with Crippen molar-refractivity contribution in [3.05, 3.63) is 29.8 Å². The van der Waals surface area contributed by atoms with Gasteiger partial charge in [0.1, 0.15) is 12.4 Å². The van der Waals surface area contributed by atoms with Gasteiger partial charge in [0.15, 0.2) is 5.96 Å². The minimum absolute atomic E-state index is 0.0540. The molecule has 0 unspecified atom stereocenters. The topological polar surface area (TPSA) is 57.1 Å². The third kappa shape index (κ3) is 5.81. The van der Waals surface area contributed by atoms with Crippen LogP contribution in [0.3, 0.4) is 0 Å². The van der Waals surface area contributed by atoms with Crippen LogP contribution in [0.5, 0.6) is 5.75 Å². The number of halogens is 3. The largest absolute Gasteiger partial charge is 0.491 e.